The van der Waals surface area contributed by atoms with Crippen molar-refractivity contribution >= 4 is 6.03 Å². The quantitative estimate of drug-likeness (QED) is 0.851. The van der Waals surface area contributed by atoms with Gasteiger partial charge in [0.2, 0.25) is 0 Å². The fraction of sp³-hybridized carbons (Fsp3) is 0.812. The van der Waals surface area contributed by atoms with E-state index in [1.54, 1.807) is 9.25 Å². The first-order chi connectivity index (χ1) is 11.2. The minimum atomic E-state index is -0.00400. The molecule has 2 amide bonds. The van der Waals surface area contributed by atoms with Gasteiger partial charge in [-0.15, -0.1) is 0 Å². The molecule has 0 bridgehead atoms. The highest BCUT2D eigenvalue weighted by molar-refractivity contribution is 5.74. The van der Waals surface area contributed by atoms with Gasteiger partial charge in [0, 0.05) is 38.6 Å². The second kappa shape index (κ2) is 7.19. The standard InChI is InChI=1S/C16H27N5O2/c1-13-7-2-4-10-19(13)15(22)17-9-6-12-21-16(23)20-11-5-3-8-14(20)18-21/h13H,2-12H2,1H3,(H,17,22). The van der Waals surface area contributed by atoms with Crippen LogP contribution < -0.4 is 11.0 Å². The van der Waals surface area contributed by atoms with Gasteiger partial charge >= 0.3 is 11.7 Å². The molecular weight excluding hydrogens is 294 g/mol. The lowest BCUT2D eigenvalue weighted by atomic mass is 10.0. The van der Waals surface area contributed by atoms with Gasteiger partial charge < -0.3 is 10.2 Å². The van der Waals surface area contributed by atoms with E-state index in [0.29, 0.717) is 19.1 Å². The van der Waals surface area contributed by atoms with E-state index in [4.69, 9.17) is 0 Å². The van der Waals surface area contributed by atoms with Gasteiger partial charge in [-0.1, -0.05) is 0 Å². The number of amides is 2. The molecule has 0 aromatic carbocycles. The molecule has 0 radical (unpaired) electrons. The van der Waals surface area contributed by atoms with E-state index in [1.807, 2.05) is 4.90 Å². The zero-order valence-electron chi connectivity index (χ0n) is 14.0. The maximum Gasteiger partial charge on any atom is 0.345 e. The topological polar surface area (TPSA) is 72.2 Å². The minimum Gasteiger partial charge on any atom is -0.338 e. The van der Waals surface area contributed by atoms with Crippen molar-refractivity contribution < 1.29 is 4.79 Å². The van der Waals surface area contributed by atoms with Crippen molar-refractivity contribution in [2.75, 3.05) is 13.1 Å². The van der Waals surface area contributed by atoms with Gasteiger partial charge in [0.05, 0.1) is 0 Å². The number of nitrogens with zero attached hydrogens (tertiary/aromatic N) is 4. The Balaban J connectivity index is 1.46. The molecule has 3 rings (SSSR count). The third-order valence-corrected chi connectivity index (χ3v) is 4.92. The van der Waals surface area contributed by atoms with Crippen molar-refractivity contribution in [2.24, 2.45) is 0 Å². The highest BCUT2D eigenvalue weighted by atomic mass is 16.2. The summed E-state index contributed by atoms with van der Waals surface area (Å²) in [6.45, 7) is 4.89. The van der Waals surface area contributed by atoms with Crippen molar-refractivity contribution in [3.8, 4) is 0 Å². The average molecular weight is 321 g/mol. The number of carbonyl (C=O) groups is 1. The Morgan fingerprint density at radius 2 is 2.09 bits per heavy atom. The van der Waals surface area contributed by atoms with Crippen molar-refractivity contribution in [3.63, 3.8) is 0 Å². The summed E-state index contributed by atoms with van der Waals surface area (Å²) in [5, 5.41) is 7.38. The van der Waals surface area contributed by atoms with Gasteiger partial charge in [0.15, 0.2) is 0 Å². The van der Waals surface area contributed by atoms with Crippen LogP contribution in [0.4, 0.5) is 4.79 Å². The lowest BCUT2D eigenvalue weighted by molar-refractivity contribution is 0.158. The van der Waals surface area contributed by atoms with E-state index in [2.05, 4.69) is 17.3 Å². The van der Waals surface area contributed by atoms with Gasteiger partial charge in [-0.05, 0) is 45.4 Å². The molecule has 1 atom stereocenters. The van der Waals surface area contributed by atoms with Gasteiger partial charge in [0.25, 0.3) is 0 Å². The third-order valence-electron chi connectivity index (χ3n) is 4.92. The molecule has 1 fully saturated rings. The summed E-state index contributed by atoms with van der Waals surface area (Å²) < 4.78 is 3.34. The number of rotatable bonds is 4. The number of likely N-dealkylation sites (tertiary alicyclic amines) is 1. The Kier molecular flexibility index (Phi) is 5.03. The normalized spacial score (nSPS) is 21.1. The van der Waals surface area contributed by atoms with Crippen molar-refractivity contribution in [1.82, 2.24) is 24.6 Å². The van der Waals surface area contributed by atoms with Crippen molar-refractivity contribution in [1.29, 1.82) is 0 Å². The van der Waals surface area contributed by atoms with Gasteiger partial charge in [-0.2, -0.15) is 5.10 Å². The van der Waals surface area contributed by atoms with Gasteiger partial charge in [0.1, 0.15) is 5.82 Å². The summed E-state index contributed by atoms with van der Waals surface area (Å²) in [5.74, 6) is 0.910. The number of carbonyl (C=O) groups excluding carboxylic acids is 1. The molecular formula is C16H27N5O2. The molecule has 3 heterocycles. The van der Waals surface area contributed by atoms with Crippen LogP contribution in [0.3, 0.4) is 0 Å². The van der Waals surface area contributed by atoms with Crippen LogP contribution in [0.2, 0.25) is 0 Å². The maximum atomic E-state index is 12.2. The maximum absolute atomic E-state index is 12.2. The predicted molar refractivity (Wildman–Crippen MR) is 87.5 cm³/mol. The monoisotopic (exact) mass is 321 g/mol. The number of piperidine rings is 1. The molecule has 1 aromatic rings. The van der Waals surface area contributed by atoms with E-state index < -0.39 is 0 Å². The Bertz CT molecular complexity index is 606. The summed E-state index contributed by atoms with van der Waals surface area (Å²) in [6, 6.07) is 0.347. The van der Waals surface area contributed by atoms with Crippen LogP contribution in [0.5, 0.6) is 0 Å². The minimum absolute atomic E-state index is 0.00400. The molecule has 1 N–H and O–H groups in total. The van der Waals surface area contributed by atoms with Crippen LogP contribution in [0.1, 0.15) is 51.3 Å². The molecule has 1 unspecified atom stereocenters. The van der Waals surface area contributed by atoms with E-state index in [9.17, 15) is 9.59 Å². The molecule has 2 aliphatic rings. The predicted octanol–water partition coefficient (Wildman–Crippen LogP) is 1.36. The Labute approximate surface area is 136 Å². The van der Waals surface area contributed by atoms with Crippen LogP contribution >= 0.6 is 0 Å². The van der Waals surface area contributed by atoms with Crippen LogP contribution in [-0.4, -0.2) is 44.4 Å². The summed E-state index contributed by atoms with van der Waals surface area (Å²) >= 11 is 0. The number of hydrogen-bond acceptors (Lipinski definition) is 3. The zero-order valence-corrected chi connectivity index (χ0v) is 14.0. The lowest BCUT2D eigenvalue weighted by Gasteiger charge is -2.33. The Morgan fingerprint density at radius 3 is 2.87 bits per heavy atom. The first-order valence-corrected chi connectivity index (χ1v) is 8.88. The fourth-order valence-electron chi connectivity index (χ4n) is 3.52. The van der Waals surface area contributed by atoms with Gasteiger partial charge in [-0.25, -0.2) is 14.3 Å². The summed E-state index contributed by atoms with van der Waals surface area (Å²) in [4.78, 5) is 26.3. The molecule has 1 saturated heterocycles. The van der Waals surface area contributed by atoms with Crippen LogP contribution in [0.25, 0.3) is 0 Å². The third kappa shape index (κ3) is 3.59. The van der Waals surface area contributed by atoms with Crippen LogP contribution in [0.15, 0.2) is 4.79 Å². The number of aryl methyl sites for hydroxylation is 2. The molecule has 7 heteroatoms. The van der Waals surface area contributed by atoms with Gasteiger partial charge in [-0.3, -0.25) is 4.57 Å². The molecule has 7 nitrogen and oxygen atoms in total. The van der Waals surface area contributed by atoms with Crippen LogP contribution in [-0.2, 0) is 19.5 Å². The second-order valence-electron chi connectivity index (χ2n) is 6.65. The first kappa shape index (κ1) is 16.1. The fourth-order valence-corrected chi connectivity index (χ4v) is 3.52. The molecule has 0 aliphatic carbocycles. The second-order valence-corrected chi connectivity index (χ2v) is 6.65. The van der Waals surface area contributed by atoms with Crippen molar-refractivity contribution in [2.45, 2.75) is 71.0 Å². The highest BCUT2D eigenvalue weighted by Crippen LogP contribution is 2.16. The molecule has 0 saturated carbocycles. The molecule has 2 aliphatic heterocycles. The number of fused-ring (bicyclic) bond motifs is 1. The van der Waals surface area contributed by atoms with E-state index in [0.717, 1.165) is 57.4 Å². The lowest BCUT2D eigenvalue weighted by Crippen LogP contribution is -2.47. The molecule has 128 valence electrons. The SMILES string of the molecule is CC1CCCCN1C(=O)NCCCn1nc2n(c1=O)CCCC2. The number of hydrogen-bond donors (Lipinski definition) is 1. The molecule has 1 aromatic heterocycles. The largest absolute Gasteiger partial charge is 0.345 e. The summed E-state index contributed by atoms with van der Waals surface area (Å²) in [5.41, 5.74) is -0.00400. The van der Waals surface area contributed by atoms with E-state index >= 15 is 0 Å². The molecule has 23 heavy (non-hydrogen) atoms. The summed E-state index contributed by atoms with van der Waals surface area (Å²) in [7, 11) is 0. The Morgan fingerprint density at radius 1 is 1.26 bits per heavy atom. The Hall–Kier alpha value is -1.79. The van der Waals surface area contributed by atoms with E-state index in [1.165, 1.54) is 6.42 Å². The highest BCUT2D eigenvalue weighted by Gasteiger charge is 2.22. The zero-order chi connectivity index (χ0) is 16.2. The number of nitrogens with one attached hydrogen (secondary N) is 1. The average Bonchev–Trinajstić information content (AvgIpc) is 2.88. The van der Waals surface area contributed by atoms with Crippen LogP contribution in [0, 0.1) is 0 Å². The van der Waals surface area contributed by atoms with Crippen molar-refractivity contribution in [3.05, 3.63) is 16.3 Å². The molecule has 0 spiro atoms. The summed E-state index contributed by atoms with van der Waals surface area (Å²) in [6.07, 6.45) is 7.18. The number of aromatic nitrogens is 3. The van der Waals surface area contributed by atoms with E-state index in [-0.39, 0.29) is 11.7 Å². The first-order valence-electron chi connectivity index (χ1n) is 8.88. The number of urea groups is 1. The smallest absolute Gasteiger partial charge is 0.338 e.